The summed E-state index contributed by atoms with van der Waals surface area (Å²) in [5.41, 5.74) is 7.05. The topological polar surface area (TPSA) is 46.5 Å². The molecule has 1 N–H and O–H groups in total. The molecular weight excluding hydrogens is 402 g/mol. The van der Waals surface area contributed by atoms with Gasteiger partial charge in [-0.2, -0.15) is 5.10 Å². The standard InChI is InChI=1S/C23H18ClN3OS/c1-28-20-13-7-16(8-14-20)15-25-27-23-26-21(17-9-11-19(24)12-10-17)22(29-23)18-5-3-2-4-6-18/h2-15H,1H3,(H,26,27)/b25-15-. The summed E-state index contributed by atoms with van der Waals surface area (Å²) in [4.78, 5) is 5.85. The van der Waals surface area contributed by atoms with Crippen LogP contribution in [0.1, 0.15) is 5.56 Å². The molecule has 0 unspecified atom stereocenters. The van der Waals surface area contributed by atoms with E-state index in [1.807, 2.05) is 66.7 Å². The van der Waals surface area contributed by atoms with Crippen molar-refractivity contribution in [1.29, 1.82) is 0 Å². The first-order valence-corrected chi connectivity index (χ1v) is 10.2. The Labute approximate surface area is 178 Å². The predicted octanol–water partition coefficient (Wildman–Crippen LogP) is 6.59. The quantitative estimate of drug-likeness (QED) is 0.283. The number of anilines is 1. The lowest BCUT2D eigenvalue weighted by Crippen LogP contribution is -1.90. The van der Waals surface area contributed by atoms with Gasteiger partial charge in [-0.3, -0.25) is 5.43 Å². The number of rotatable bonds is 6. The molecule has 0 bridgehead atoms. The van der Waals surface area contributed by atoms with E-state index >= 15 is 0 Å². The van der Waals surface area contributed by atoms with Crippen molar-refractivity contribution >= 4 is 34.3 Å². The summed E-state index contributed by atoms with van der Waals surface area (Å²) in [6, 6.07) is 25.6. The van der Waals surface area contributed by atoms with Crippen molar-refractivity contribution in [1.82, 2.24) is 4.98 Å². The summed E-state index contributed by atoms with van der Waals surface area (Å²) < 4.78 is 5.17. The molecule has 0 fully saturated rings. The van der Waals surface area contributed by atoms with Gasteiger partial charge in [0.25, 0.3) is 0 Å². The molecule has 1 heterocycles. The zero-order valence-corrected chi connectivity index (χ0v) is 17.2. The summed E-state index contributed by atoms with van der Waals surface area (Å²) in [6.45, 7) is 0. The van der Waals surface area contributed by atoms with Crippen LogP contribution < -0.4 is 10.2 Å². The molecule has 0 saturated carbocycles. The average Bonchev–Trinajstić information content (AvgIpc) is 3.19. The largest absolute Gasteiger partial charge is 0.497 e. The SMILES string of the molecule is COc1ccc(/C=N\Nc2nc(-c3ccc(Cl)cc3)c(-c3ccccc3)s2)cc1. The van der Waals surface area contributed by atoms with Gasteiger partial charge in [0.05, 0.1) is 23.9 Å². The van der Waals surface area contributed by atoms with E-state index in [1.54, 1.807) is 24.7 Å². The Balaban J connectivity index is 1.62. The summed E-state index contributed by atoms with van der Waals surface area (Å²) in [5, 5.41) is 5.76. The summed E-state index contributed by atoms with van der Waals surface area (Å²) >= 11 is 7.61. The Bertz CT molecular complexity index is 1110. The monoisotopic (exact) mass is 419 g/mol. The second-order valence-electron chi connectivity index (χ2n) is 6.21. The molecule has 1 aromatic heterocycles. The van der Waals surface area contributed by atoms with Crippen LogP contribution in [-0.2, 0) is 0 Å². The maximum absolute atomic E-state index is 6.05. The zero-order chi connectivity index (χ0) is 20.1. The molecule has 4 aromatic rings. The fourth-order valence-corrected chi connectivity index (χ4v) is 3.88. The van der Waals surface area contributed by atoms with Gasteiger partial charge in [-0.25, -0.2) is 4.98 Å². The van der Waals surface area contributed by atoms with Crippen LogP contribution in [-0.4, -0.2) is 18.3 Å². The van der Waals surface area contributed by atoms with Gasteiger partial charge in [0.1, 0.15) is 5.75 Å². The van der Waals surface area contributed by atoms with E-state index in [4.69, 9.17) is 21.3 Å². The lowest BCUT2D eigenvalue weighted by atomic mass is 10.1. The number of nitrogens with one attached hydrogen (secondary N) is 1. The van der Waals surface area contributed by atoms with E-state index in [0.717, 1.165) is 38.1 Å². The first-order chi connectivity index (χ1) is 14.2. The van der Waals surface area contributed by atoms with Gasteiger partial charge < -0.3 is 4.74 Å². The Morgan fingerprint density at radius 1 is 0.931 bits per heavy atom. The van der Waals surface area contributed by atoms with E-state index in [-0.39, 0.29) is 0 Å². The number of benzene rings is 3. The molecule has 4 rings (SSSR count). The third-order valence-corrected chi connectivity index (χ3v) is 5.53. The van der Waals surface area contributed by atoms with Gasteiger partial charge >= 0.3 is 0 Å². The third kappa shape index (κ3) is 4.65. The molecular formula is C23H18ClN3OS. The van der Waals surface area contributed by atoms with E-state index < -0.39 is 0 Å². The number of thiazole rings is 1. The molecule has 0 aliphatic carbocycles. The van der Waals surface area contributed by atoms with Crippen LogP contribution >= 0.6 is 22.9 Å². The molecule has 144 valence electrons. The molecule has 0 atom stereocenters. The second-order valence-corrected chi connectivity index (χ2v) is 7.65. The van der Waals surface area contributed by atoms with Crippen molar-refractivity contribution in [3.8, 4) is 27.4 Å². The van der Waals surface area contributed by atoms with Gasteiger partial charge in [-0.05, 0) is 47.5 Å². The van der Waals surface area contributed by atoms with Gasteiger partial charge in [0, 0.05) is 10.6 Å². The molecule has 0 spiro atoms. The maximum atomic E-state index is 6.05. The van der Waals surface area contributed by atoms with Crippen molar-refractivity contribution < 1.29 is 4.74 Å². The number of ether oxygens (including phenoxy) is 1. The van der Waals surface area contributed by atoms with E-state index in [1.165, 1.54) is 0 Å². The zero-order valence-electron chi connectivity index (χ0n) is 15.7. The van der Waals surface area contributed by atoms with Crippen molar-refractivity contribution in [2.75, 3.05) is 12.5 Å². The molecule has 0 saturated heterocycles. The fraction of sp³-hybridized carbons (Fsp3) is 0.0435. The number of hydrogen-bond donors (Lipinski definition) is 1. The molecule has 6 heteroatoms. The Kier molecular flexibility index (Phi) is 5.89. The lowest BCUT2D eigenvalue weighted by molar-refractivity contribution is 0.415. The predicted molar refractivity (Wildman–Crippen MR) is 122 cm³/mol. The van der Waals surface area contributed by atoms with E-state index in [0.29, 0.717) is 5.02 Å². The molecule has 0 radical (unpaired) electrons. The number of nitrogens with zero attached hydrogens (tertiary/aromatic N) is 2. The normalized spacial score (nSPS) is 11.0. The van der Waals surface area contributed by atoms with Crippen LogP contribution in [0.25, 0.3) is 21.7 Å². The highest BCUT2D eigenvalue weighted by atomic mass is 35.5. The van der Waals surface area contributed by atoms with Crippen LogP contribution in [0.15, 0.2) is 84.0 Å². The van der Waals surface area contributed by atoms with Crippen molar-refractivity contribution in [2.45, 2.75) is 0 Å². The average molecular weight is 420 g/mol. The highest BCUT2D eigenvalue weighted by Crippen LogP contribution is 2.39. The van der Waals surface area contributed by atoms with Gasteiger partial charge in [-0.1, -0.05) is 65.4 Å². The number of halogens is 1. The highest BCUT2D eigenvalue weighted by molar-refractivity contribution is 7.19. The first kappa shape index (κ1) is 19.2. The van der Waals surface area contributed by atoms with Crippen LogP contribution in [0.2, 0.25) is 5.02 Å². The molecule has 0 aliphatic rings. The van der Waals surface area contributed by atoms with Crippen molar-refractivity contribution in [2.24, 2.45) is 5.10 Å². The Morgan fingerprint density at radius 2 is 1.66 bits per heavy atom. The van der Waals surface area contributed by atoms with Crippen LogP contribution in [0, 0.1) is 0 Å². The maximum Gasteiger partial charge on any atom is 0.204 e. The third-order valence-electron chi connectivity index (χ3n) is 4.27. The smallest absolute Gasteiger partial charge is 0.204 e. The molecule has 4 nitrogen and oxygen atoms in total. The van der Waals surface area contributed by atoms with Crippen molar-refractivity contribution in [3.63, 3.8) is 0 Å². The van der Waals surface area contributed by atoms with Gasteiger partial charge in [-0.15, -0.1) is 0 Å². The minimum absolute atomic E-state index is 0.702. The highest BCUT2D eigenvalue weighted by Gasteiger charge is 2.14. The van der Waals surface area contributed by atoms with E-state index in [2.05, 4.69) is 22.7 Å². The van der Waals surface area contributed by atoms with Gasteiger partial charge in [0.15, 0.2) is 0 Å². The minimum Gasteiger partial charge on any atom is -0.497 e. The Morgan fingerprint density at radius 3 is 2.34 bits per heavy atom. The number of methoxy groups -OCH3 is 1. The van der Waals surface area contributed by atoms with E-state index in [9.17, 15) is 0 Å². The Hall–Kier alpha value is -3.15. The second kappa shape index (κ2) is 8.90. The number of hydrazone groups is 1. The van der Waals surface area contributed by atoms with Crippen LogP contribution in [0.5, 0.6) is 5.75 Å². The van der Waals surface area contributed by atoms with Gasteiger partial charge in [0.2, 0.25) is 5.13 Å². The summed E-state index contributed by atoms with van der Waals surface area (Å²) in [7, 11) is 1.65. The number of aromatic nitrogens is 1. The molecule has 0 aliphatic heterocycles. The lowest BCUT2D eigenvalue weighted by Gasteiger charge is -2.02. The van der Waals surface area contributed by atoms with Crippen LogP contribution in [0.3, 0.4) is 0 Å². The van der Waals surface area contributed by atoms with Crippen LogP contribution in [0.4, 0.5) is 5.13 Å². The number of hydrogen-bond acceptors (Lipinski definition) is 5. The first-order valence-electron chi connectivity index (χ1n) is 8.98. The van der Waals surface area contributed by atoms with Crippen molar-refractivity contribution in [3.05, 3.63) is 89.4 Å². The molecule has 0 amide bonds. The summed E-state index contributed by atoms with van der Waals surface area (Å²) in [5.74, 6) is 0.815. The summed E-state index contributed by atoms with van der Waals surface area (Å²) in [6.07, 6.45) is 1.75. The fourth-order valence-electron chi connectivity index (χ4n) is 2.81. The molecule has 3 aromatic carbocycles. The minimum atomic E-state index is 0.702. The molecule has 29 heavy (non-hydrogen) atoms.